The van der Waals surface area contributed by atoms with Crippen LogP contribution in [0, 0.1) is 47.9 Å². The van der Waals surface area contributed by atoms with Gasteiger partial charge in [0.15, 0.2) is 6.29 Å². The van der Waals surface area contributed by atoms with E-state index in [1.54, 1.807) is 22.5 Å². The minimum Gasteiger partial charge on any atom is -0.339 e. The number of pyridine rings is 2. The quantitative estimate of drug-likeness (QED) is 0.0452. The van der Waals surface area contributed by atoms with E-state index in [4.69, 9.17) is 22.5 Å². The molecule has 0 amide bonds. The van der Waals surface area contributed by atoms with Crippen LogP contribution in [0.4, 0.5) is 0 Å². The summed E-state index contributed by atoms with van der Waals surface area (Å²) in [7, 11) is 10.0. The van der Waals surface area contributed by atoms with Crippen LogP contribution >= 0.6 is 0 Å². The first-order chi connectivity index (χ1) is 40.9. The van der Waals surface area contributed by atoms with Crippen LogP contribution in [0.25, 0.3) is 66.8 Å². The third-order valence-electron chi connectivity index (χ3n) is 12.4. The Hall–Kier alpha value is -11.3. The Morgan fingerprint density at radius 1 is 0.494 bits per heavy atom. The number of carbonyl (C=O) groups excluding carboxylic acids is 1. The fraction of sp³-hybridized carbons (Fsp3) is 0.0435. The molecule has 12 rings (SSSR count). The first kappa shape index (κ1) is 57.9. The number of rotatable bonds is 11. The highest BCUT2D eigenvalue weighted by Crippen LogP contribution is 2.30. The van der Waals surface area contributed by atoms with E-state index in [1.807, 2.05) is 167 Å². The summed E-state index contributed by atoms with van der Waals surface area (Å²) in [5.41, 5.74) is 13.8. The second-order valence-corrected chi connectivity index (χ2v) is 17.7. The van der Waals surface area contributed by atoms with E-state index in [9.17, 15) is 4.79 Å². The molecule has 11 nitrogen and oxygen atoms in total. The van der Waals surface area contributed by atoms with Crippen molar-refractivity contribution in [3.05, 3.63) is 266 Å². The predicted molar refractivity (Wildman–Crippen MR) is 340 cm³/mol. The van der Waals surface area contributed by atoms with E-state index in [2.05, 4.69) is 157 Å². The van der Waals surface area contributed by atoms with E-state index in [0.29, 0.717) is 18.8 Å². The lowest BCUT2D eigenvalue weighted by Gasteiger charge is -2.08. The van der Waals surface area contributed by atoms with E-state index in [0.717, 1.165) is 97.3 Å². The van der Waals surface area contributed by atoms with Crippen LogP contribution < -0.4 is 5.84 Å². The number of hydrogen-bond acceptors (Lipinski definition) is 7. The second kappa shape index (κ2) is 30.7. The summed E-state index contributed by atoms with van der Waals surface area (Å²) in [4.78, 5) is 19.7. The molecule has 14 heteroatoms. The Morgan fingerprint density at radius 2 is 0.867 bits per heavy atom. The number of terminal acetylenes is 1. The summed E-state index contributed by atoms with van der Waals surface area (Å²) in [5, 5.41) is 16.1. The molecule has 2 N–H and O–H groups in total. The van der Waals surface area contributed by atoms with Crippen molar-refractivity contribution in [2.45, 2.75) is 20.0 Å². The Kier molecular flexibility index (Phi) is 21.4. The molecule has 0 bridgehead atoms. The third kappa shape index (κ3) is 15.7. The van der Waals surface area contributed by atoms with Gasteiger partial charge in [-0.1, -0.05) is 176 Å². The molecular weight excluding hydrogens is 1020 g/mol. The minimum absolute atomic E-state index is 0.474. The molecule has 0 atom stereocenters. The minimum atomic E-state index is 0.474. The number of nitrogens with two attached hydrogens (primary N) is 1. The molecule has 6 heterocycles. The zero-order chi connectivity index (χ0) is 57.9. The largest absolute Gasteiger partial charge is 0.339 e. The van der Waals surface area contributed by atoms with Crippen molar-refractivity contribution in [3.63, 3.8) is 0 Å². The summed E-state index contributed by atoms with van der Waals surface area (Å²) in [6.45, 7) is 2.88. The van der Waals surface area contributed by atoms with Gasteiger partial charge in [-0.3, -0.25) is 28.8 Å². The van der Waals surface area contributed by atoms with E-state index >= 15 is 0 Å². The lowest BCUT2D eigenvalue weighted by atomic mass is 9.40. The molecule has 0 spiro atoms. The van der Waals surface area contributed by atoms with Crippen LogP contribution in [0.15, 0.2) is 248 Å². The van der Waals surface area contributed by atoms with Crippen LogP contribution in [0.5, 0.6) is 0 Å². The van der Waals surface area contributed by atoms with Gasteiger partial charge in [-0.2, -0.15) is 15.3 Å². The molecule has 0 saturated carbocycles. The number of para-hydroxylation sites is 2. The highest BCUT2D eigenvalue weighted by Gasteiger charge is 2.15. The Balaban J connectivity index is 0.000000158. The molecular formula is C69H52B3N10O. The lowest BCUT2D eigenvalue weighted by Crippen LogP contribution is -2.10. The fourth-order valence-electron chi connectivity index (χ4n) is 8.67. The van der Waals surface area contributed by atoms with Crippen molar-refractivity contribution in [3.8, 4) is 92.9 Å². The highest BCUT2D eigenvalue weighted by atomic mass is 16.1. The maximum Gasteiger partial charge on any atom is 0.170 e. The third-order valence-corrected chi connectivity index (χ3v) is 12.4. The van der Waals surface area contributed by atoms with Gasteiger partial charge < -0.3 is 5.84 Å². The summed E-state index contributed by atoms with van der Waals surface area (Å²) in [6, 6.07) is 77.0. The molecule has 0 saturated heterocycles. The molecule has 0 unspecified atom stereocenters. The Morgan fingerprint density at radius 3 is 1.29 bits per heavy atom. The van der Waals surface area contributed by atoms with Gasteiger partial charge in [0.05, 0.1) is 64.5 Å². The highest BCUT2D eigenvalue weighted by molar-refractivity contribution is 7.17. The van der Waals surface area contributed by atoms with Crippen LogP contribution in [0.2, 0.25) is 0 Å². The first-order valence-electron chi connectivity index (χ1n) is 26.2. The van der Waals surface area contributed by atoms with E-state index < -0.39 is 0 Å². The summed E-state index contributed by atoms with van der Waals surface area (Å²) >= 11 is 0. The van der Waals surface area contributed by atoms with Gasteiger partial charge in [-0.25, -0.2) is 4.68 Å². The monoisotopic (exact) mass is 1070 g/mol. The molecule has 5 radical (unpaired) electrons. The molecule has 83 heavy (non-hydrogen) atoms. The zero-order valence-electron chi connectivity index (χ0n) is 45.5. The van der Waals surface area contributed by atoms with Gasteiger partial charge in [0.25, 0.3) is 0 Å². The smallest absolute Gasteiger partial charge is 0.170 e. The van der Waals surface area contributed by atoms with Gasteiger partial charge in [0.1, 0.15) is 11.4 Å². The van der Waals surface area contributed by atoms with Crippen molar-refractivity contribution in [1.82, 2.24) is 38.9 Å². The topological polar surface area (TPSA) is 127 Å². The van der Waals surface area contributed by atoms with Crippen molar-refractivity contribution >= 4 is 56.8 Å². The van der Waals surface area contributed by atoms with Crippen LogP contribution in [0.3, 0.4) is 0 Å². The van der Waals surface area contributed by atoms with Gasteiger partial charge in [0.2, 0.25) is 0 Å². The summed E-state index contributed by atoms with van der Waals surface area (Å²) < 4.78 is 7.54. The van der Waals surface area contributed by atoms with Gasteiger partial charge in [0, 0.05) is 68.0 Å². The van der Waals surface area contributed by atoms with E-state index in [-0.39, 0.29) is 0 Å². The molecule has 0 fully saturated rings. The van der Waals surface area contributed by atoms with Gasteiger partial charge >= 0.3 is 0 Å². The van der Waals surface area contributed by atoms with Crippen molar-refractivity contribution < 1.29 is 4.79 Å². The molecule has 393 valence electrons. The second-order valence-electron chi connectivity index (χ2n) is 17.7. The number of aldehydes is 1. The van der Waals surface area contributed by atoms with Crippen LogP contribution in [-0.4, -0.2) is 73.9 Å². The number of carbonyl (C=O) groups is 1. The Bertz CT molecular complexity index is 4160. The Labute approximate surface area is 487 Å². The summed E-state index contributed by atoms with van der Waals surface area (Å²) in [6.07, 6.45) is 11.0. The normalized spacial score (nSPS) is 9.93. The molecule has 0 aliphatic heterocycles. The lowest BCUT2D eigenvalue weighted by molar-refractivity contribution is 0.111. The maximum absolute atomic E-state index is 11.0. The van der Waals surface area contributed by atoms with E-state index in [1.165, 1.54) is 0 Å². The zero-order valence-corrected chi connectivity index (χ0v) is 45.5. The fourth-order valence-corrected chi connectivity index (χ4v) is 8.67. The van der Waals surface area contributed by atoms with Crippen molar-refractivity contribution in [2.24, 2.45) is 5.10 Å². The number of aromatic nitrogens is 8. The van der Waals surface area contributed by atoms with Crippen LogP contribution in [0.1, 0.15) is 34.5 Å². The maximum atomic E-state index is 11.0. The number of nitrogens with zero attached hydrogens (tertiary/aromatic N) is 9. The SMILES string of the molecule is C#CC#CC#CC#CC.C(=N\n1c(-c2ccccc2)ccc1-c1ccccc1)/c1nn(Cc2ccccn2)c2ccccc12.Nn1c(-c2ccccc2)ccc1-c1ccccc1.O=Cc1nn(Cc2ccccn2)c2ccccc12.[B][B][B]. The van der Waals surface area contributed by atoms with Gasteiger partial charge in [-0.15, -0.1) is 6.42 Å². The standard InChI is InChI=1S/C30H23N5.C16H14N2.C14H11N3O.C9H4.B3/c1-3-11-23(12-4-1)28-18-19-29(24-13-5-2-6-14-24)35(28)32-21-27-26-16-7-8-17-30(26)34(33-27)22-25-15-9-10-20-31-25;17-18-15(13-7-3-1-4-8-13)11-12-16(18)14-9-5-2-6-10-14;18-10-13-12-6-1-2-7-14(12)17(16-13)9-11-5-3-4-8-15-11;1-3-5-7-9-8-6-4-2;1-3-2/h1-21H,22H2;1-12H,17H2;1-8,10H,9H2;1H,2H3;/b32-21+;;;;. The average Bonchev–Trinajstić information content (AvgIpc) is 4.54. The van der Waals surface area contributed by atoms with Gasteiger partial charge in [-0.05, 0) is 103 Å². The first-order valence-corrected chi connectivity index (χ1v) is 26.2. The number of nitrogen functional groups attached to an aromatic ring is 1. The van der Waals surface area contributed by atoms with Crippen molar-refractivity contribution in [2.75, 3.05) is 5.84 Å². The molecule has 6 aromatic carbocycles. The average molecular weight is 1070 g/mol. The number of hydrogen-bond donors (Lipinski definition) is 1. The van der Waals surface area contributed by atoms with Crippen LogP contribution in [-0.2, 0) is 13.1 Å². The molecule has 0 aliphatic rings. The summed E-state index contributed by atoms with van der Waals surface area (Å²) in [5.74, 6) is 23.2. The molecule has 12 aromatic rings. The molecule has 0 aliphatic carbocycles. The number of benzene rings is 6. The molecule has 6 aromatic heterocycles. The van der Waals surface area contributed by atoms with Crippen molar-refractivity contribution in [1.29, 1.82) is 0 Å². The predicted octanol–water partition coefficient (Wildman–Crippen LogP) is 11.8. The number of fused-ring (bicyclic) bond motifs is 2.